The van der Waals surface area contributed by atoms with Gasteiger partial charge in [-0.2, -0.15) is 0 Å². The van der Waals surface area contributed by atoms with E-state index in [4.69, 9.17) is 0 Å². The van der Waals surface area contributed by atoms with Gasteiger partial charge in [-0.25, -0.2) is 0 Å². The molecular formula is C8H6F3NO3. The Hall–Kier alpha value is -1.79. The van der Waals surface area contributed by atoms with Crippen molar-refractivity contribution >= 4 is 6.29 Å². The van der Waals surface area contributed by atoms with Crippen molar-refractivity contribution < 1.29 is 22.7 Å². The number of pyridine rings is 1. The molecule has 0 aliphatic heterocycles. The van der Waals surface area contributed by atoms with Crippen LogP contribution in [0, 0.1) is 6.92 Å². The second-order valence-corrected chi connectivity index (χ2v) is 2.73. The zero-order valence-electron chi connectivity index (χ0n) is 7.51. The van der Waals surface area contributed by atoms with Crippen LogP contribution in [0.15, 0.2) is 10.9 Å². The highest BCUT2D eigenvalue weighted by Crippen LogP contribution is 2.23. The third-order valence-electron chi connectivity index (χ3n) is 1.51. The molecule has 0 aliphatic rings. The maximum Gasteiger partial charge on any atom is 0.573 e. The first-order valence-electron chi connectivity index (χ1n) is 3.78. The second kappa shape index (κ2) is 3.76. The zero-order chi connectivity index (χ0) is 11.6. The molecule has 0 bridgehead atoms. The van der Waals surface area contributed by atoms with Gasteiger partial charge in [0.2, 0.25) is 0 Å². The van der Waals surface area contributed by atoms with Gasteiger partial charge in [0.25, 0.3) is 5.56 Å². The van der Waals surface area contributed by atoms with Gasteiger partial charge in [-0.15, -0.1) is 13.2 Å². The van der Waals surface area contributed by atoms with E-state index in [0.29, 0.717) is 0 Å². The Balaban J connectivity index is 3.27. The van der Waals surface area contributed by atoms with Crippen LogP contribution in [0.5, 0.6) is 5.75 Å². The van der Waals surface area contributed by atoms with Crippen molar-refractivity contribution in [3.05, 3.63) is 27.7 Å². The smallest absolute Gasteiger partial charge is 0.405 e. The van der Waals surface area contributed by atoms with E-state index in [1.54, 1.807) is 0 Å². The number of aldehydes is 1. The molecule has 4 nitrogen and oxygen atoms in total. The molecule has 15 heavy (non-hydrogen) atoms. The lowest BCUT2D eigenvalue weighted by molar-refractivity contribution is -0.274. The van der Waals surface area contributed by atoms with Gasteiger partial charge >= 0.3 is 6.36 Å². The van der Waals surface area contributed by atoms with E-state index in [9.17, 15) is 22.8 Å². The van der Waals surface area contributed by atoms with E-state index < -0.39 is 23.2 Å². The average molecular weight is 221 g/mol. The summed E-state index contributed by atoms with van der Waals surface area (Å²) in [5.41, 5.74) is -1.42. The molecule has 1 rings (SSSR count). The Bertz CT molecular complexity index is 436. The van der Waals surface area contributed by atoms with Crippen LogP contribution in [0.25, 0.3) is 0 Å². The quantitative estimate of drug-likeness (QED) is 0.767. The number of aromatic amines is 1. The maximum atomic E-state index is 11.9. The number of hydrogen-bond acceptors (Lipinski definition) is 3. The fourth-order valence-corrected chi connectivity index (χ4v) is 0.990. The van der Waals surface area contributed by atoms with Gasteiger partial charge in [-0.1, -0.05) is 0 Å². The predicted molar refractivity (Wildman–Crippen MR) is 43.9 cm³/mol. The van der Waals surface area contributed by atoms with Gasteiger partial charge in [0.15, 0.2) is 6.29 Å². The molecular weight excluding hydrogens is 215 g/mol. The maximum absolute atomic E-state index is 11.9. The van der Waals surface area contributed by atoms with Crippen LogP contribution in [0.1, 0.15) is 16.1 Å². The number of rotatable bonds is 2. The number of aromatic nitrogens is 1. The van der Waals surface area contributed by atoms with E-state index in [2.05, 4.69) is 9.72 Å². The number of halogens is 3. The standard InChI is InChI=1S/C8H6F3NO3/c1-4-2-6(15-8(9,10)11)5(3-13)7(14)12-4/h2-3H,1H3,(H,12,14). The number of carbonyl (C=O) groups is 1. The monoisotopic (exact) mass is 221 g/mol. The normalized spacial score (nSPS) is 11.2. The van der Waals surface area contributed by atoms with Crippen molar-refractivity contribution in [1.29, 1.82) is 0 Å². The lowest BCUT2D eigenvalue weighted by Gasteiger charge is -2.10. The summed E-state index contributed by atoms with van der Waals surface area (Å²) in [6.45, 7) is 1.37. The van der Waals surface area contributed by atoms with Crippen molar-refractivity contribution in [3.63, 3.8) is 0 Å². The molecule has 1 N–H and O–H groups in total. The van der Waals surface area contributed by atoms with E-state index in [-0.39, 0.29) is 12.0 Å². The van der Waals surface area contributed by atoms with E-state index in [1.165, 1.54) is 6.92 Å². The summed E-state index contributed by atoms with van der Waals surface area (Å²) in [6, 6.07) is 0.929. The van der Waals surface area contributed by atoms with Crippen LogP contribution in [0.4, 0.5) is 13.2 Å². The van der Waals surface area contributed by atoms with E-state index >= 15 is 0 Å². The highest BCUT2D eigenvalue weighted by molar-refractivity contribution is 5.78. The molecule has 1 aromatic rings. The minimum atomic E-state index is -4.93. The molecule has 82 valence electrons. The number of aryl methyl sites for hydroxylation is 1. The Morgan fingerprint density at radius 3 is 2.53 bits per heavy atom. The summed E-state index contributed by atoms with van der Waals surface area (Å²) in [6.07, 6.45) is -4.92. The Morgan fingerprint density at radius 1 is 1.47 bits per heavy atom. The van der Waals surface area contributed by atoms with Crippen LogP contribution in [-0.4, -0.2) is 17.6 Å². The molecule has 0 saturated carbocycles. The topological polar surface area (TPSA) is 59.2 Å². The third-order valence-corrected chi connectivity index (χ3v) is 1.51. The molecule has 0 spiro atoms. The van der Waals surface area contributed by atoms with Gasteiger partial charge in [-0.05, 0) is 6.92 Å². The molecule has 0 atom stereocenters. The lowest BCUT2D eigenvalue weighted by atomic mass is 10.2. The van der Waals surface area contributed by atoms with Crippen LogP contribution < -0.4 is 10.3 Å². The summed E-state index contributed by atoms with van der Waals surface area (Å²) in [5.74, 6) is -0.793. The van der Waals surface area contributed by atoms with Crippen LogP contribution in [-0.2, 0) is 0 Å². The molecule has 0 fully saturated rings. The minimum absolute atomic E-state index is 0.0132. The SMILES string of the molecule is Cc1cc(OC(F)(F)F)c(C=O)c(=O)[nH]1. The van der Waals surface area contributed by atoms with Gasteiger partial charge in [0.1, 0.15) is 11.3 Å². The summed E-state index contributed by atoms with van der Waals surface area (Å²) < 4.78 is 39.1. The number of H-pyrrole nitrogens is 1. The van der Waals surface area contributed by atoms with Crippen molar-refractivity contribution in [2.24, 2.45) is 0 Å². The highest BCUT2D eigenvalue weighted by atomic mass is 19.4. The molecule has 0 unspecified atom stereocenters. The summed E-state index contributed by atoms with van der Waals surface area (Å²) in [4.78, 5) is 23.6. The van der Waals surface area contributed by atoms with Crippen molar-refractivity contribution in [2.75, 3.05) is 0 Å². The Kier molecular flexibility index (Phi) is 2.83. The fourth-order valence-electron chi connectivity index (χ4n) is 0.990. The van der Waals surface area contributed by atoms with E-state index in [0.717, 1.165) is 6.07 Å². The molecule has 0 radical (unpaired) electrons. The number of hydrogen-bond donors (Lipinski definition) is 1. The van der Waals surface area contributed by atoms with Gasteiger partial charge in [0, 0.05) is 11.8 Å². The van der Waals surface area contributed by atoms with Crippen molar-refractivity contribution in [2.45, 2.75) is 13.3 Å². The molecule has 0 saturated heterocycles. The minimum Gasteiger partial charge on any atom is -0.405 e. The lowest BCUT2D eigenvalue weighted by Crippen LogP contribution is -2.22. The van der Waals surface area contributed by atoms with Gasteiger partial charge < -0.3 is 9.72 Å². The average Bonchev–Trinajstić information content (AvgIpc) is 1.99. The fraction of sp³-hybridized carbons (Fsp3) is 0.250. The second-order valence-electron chi connectivity index (χ2n) is 2.73. The summed E-state index contributed by atoms with van der Waals surface area (Å²) in [5, 5.41) is 0. The first-order chi connectivity index (χ1) is 6.83. The van der Waals surface area contributed by atoms with Crippen LogP contribution in [0.3, 0.4) is 0 Å². The highest BCUT2D eigenvalue weighted by Gasteiger charge is 2.32. The van der Waals surface area contributed by atoms with E-state index in [1.807, 2.05) is 0 Å². The molecule has 0 amide bonds. The molecule has 0 aliphatic carbocycles. The number of nitrogens with one attached hydrogen (secondary N) is 1. The first kappa shape index (κ1) is 11.3. The number of ether oxygens (including phenoxy) is 1. The number of carbonyl (C=O) groups excluding carboxylic acids is 1. The zero-order valence-corrected chi connectivity index (χ0v) is 7.51. The number of alkyl halides is 3. The van der Waals surface area contributed by atoms with Crippen LogP contribution >= 0.6 is 0 Å². The van der Waals surface area contributed by atoms with Crippen LogP contribution in [0.2, 0.25) is 0 Å². The van der Waals surface area contributed by atoms with Gasteiger partial charge in [-0.3, -0.25) is 9.59 Å². The molecule has 0 aromatic carbocycles. The summed E-state index contributed by atoms with van der Waals surface area (Å²) >= 11 is 0. The Labute approximate surface area is 81.7 Å². The van der Waals surface area contributed by atoms with Crippen molar-refractivity contribution in [1.82, 2.24) is 4.98 Å². The summed E-state index contributed by atoms with van der Waals surface area (Å²) in [7, 11) is 0. The Morgan fingerprint density at radius 2 is 2.07 bits per heavy atom. The predicted octanol–water partition coefficient (Wildman–Crippen LogP) is 1.39. The molecule has 1 heterocycles. The largest absolute Gasteiger partial charge is 0.573 e. The first-order valence-corrected chi connectivity index (χ1v) is 3.78. The third kappa shape index (κ3) is 2.83. The van der Waals surface area contributed by atoms with Crippen molar-refractivity contribution in [3.8, 4) is 5.75 Å². The molecule has 1 aromatic heterocycles. The van der Waals surface area contributed by atoms with Gasteiger partial charge in [0.05, 0.1) is 0 Å². The molecule has 7 heteroatoms.